The van der Waals surface area contributed by atoms with Crippen LogP contribution in [-0.2, 0) is 11.3 Å². The summed E-state index contributed by atoms with van der Waals surface area (Å²) in [6, 6.07) is 2.20. The number of anilines is 3. The summed E-state index contributed by atoms with van der Waals surface area (Å²) in [5.74, 6) is 2.31. The highest BCUT2D eigenvalue weighted by Gasteiger charge is 2.24. The van der Waals surface area contributed by atoms with E-state index >= 15 is 0 Å². The van der Waals surface area contributed by atoms with Gasteiger partial charge < -0.3 is 20.3 Å². The fraction of sp³-hybridized carbons (Fsp3) is 0.571. The van der Waals surface area contributed by atoms with Crippen molar-refractivity contribution in [2.45, 2.75) is 46.2 Å². The Bertz CT molecular complexity index is 1010. The van der Waals surface area contributed by atoms with Crippen molar-refractivity contribution < 1.29 is 4.74 Å². The molecule has 2 N–H and O–H groups in total. The molecule has 0 unspecified atom stereocenters. The van der Waals surface area contributed by atoms with E-state index in [2.05, 4.69) is 46.3 Å². The largest absolute Gasteiger partial charge is 0.380 e. The smallest absolute Gasteiger partial charge is 0.228 e. The van der Waals surface area contributed by atoms with Crippen LogP contribution in [0, 0.1) is 0 Å². The zero-order valence-corrected chi connectivity index (χ0v) is 18.7. The zero-order valence-electron chi connectivity index (χ0n) is 18.7. The maximum Gasteiger partial charge on any atom is 0.228 e. The summed E-state index contributed by atoms with van der Waals surface area (Å²) < 4.78 is 7.54. The predicted molar refractivity (Wildman–Crippen MR) is 121 cm³/mol. The van der Waals surface area contributed by atoms with E-state index in [9.17, 15) is 0 Å². The molecule has 0 spiro atoms. The van der Waals surface area contributed by atoms with Crippen molar-refractivity contribution in [2.24, 2.45) is 0 Å². The lowest BCUT2D eigenvalue weighted by Crippen LogP contribution is -2.49. The molecule has 0 aliphatic carbocycles. The summed E-state index contributed by atoms with van der Waals surface area (Å²) >= 11 is 0. The second-order valence-corrected chi connectivity index (χ2v) is 8.05. The van der Waals surface area contributed by atoms with Crippen molar-refractivity contribution in [3.63, 3.8) is 0 Å². The van der Waals surface area contributed by atoms with Gasteiger partial charge in [0.25, 0.3) is 0 Å². The van der Waals surface area contributed by atoms with E-state index in [0.717, 1.165) is 36.4 Å². The van der Waals surface area contributed by atoms with Crippen LogP contribution in [0.5, 0.6) is 0 Å². The number of rotatable bonds is 8. The van der Waals surface area contributed by atoms with Crippen molar-refractivity contribution in [3.05, 3.63) is 24.3 Å². The highest BCUT2D eigenvalue weighted by molar-refractivity contribution is 5.90. The number of hydrogen-bond acceptors (Lipinski definition) is 9. The number of aromatic nitrogens is 6. The van der Waals surface area contributed by atoms with Gasteiger partial charge in [0.05, 0.1) is 18.8 Å². The molecule has 1 aliphatic rings. The quantitative estimate of drug-likeness (QED) is 0.526. The van der Waals surface area contributed by atoms with Gasteiger partial charge in [-0.2, -0.15) is 10.1 Å². The molecule has 10 heteroatoms. The molecular weight excluding hydrogens is 394 g/mol. The van der Waals surface area contributed by atoms with Gasteiger partial charge in [-0.05, 0) is 25.8 Å². The maximum atomic E-state index is 5.59. The first-order chi connectivity index (χ1) is 15.1. The fourth-order valence-corrected chi connectivity index (χ4v) is 3.77. The molecule has 31 heavy (non-hydrogen) atoms. The predicted octanol–water partition coefficient (Wildman–Crippen LogP) is 2.32. The van der Waals surface area contributed by atoms with Crippen LogP contribution >= 0.6 is 0 Å². The average Bonchev–Trinajstić information content (AvgIpc) is 3.14. The van der Waals surface area contributed by atoms with Gasteiger partial charge in [0, 0.05) is 38.5 Å². The average molecular weight is 426 g/mol. The van der Waals surface area contributed by atoms with Crippen LogP contribution in [0.2, 0.25) is 0 Å². The lowest BCUT2D eigenvalue weighted by atomic mass is 10.1. The second-order valence-electron chi connectivity index (χ2n) is 8.05. The second kappa shape index (κ2) is 9.52. The highest BCUT2D eigenvalue weighted by atomic mass is 16.5. The molecule has 0 bridgehead atoms. The third-order valence-electron chi connectivity index (χ3n) is 5.28. The number of piperazine rings is 1. The Morgan fingerprint density at radius 1 is 1.32 bits per heavy atom. The van der Waals surface area contributed by atoms with Crippen LogP contribution in [-0.4, -0.2) is 68.6 Å². The van der Waals surface area contributed by atoms with Gasteiger partial charge in [-0.15, -0.1) is 0 Å². The molecule has 0 aromatic carbocycles. The third kappa shape index (κ3) is 4.75. The van der Waals surface area contributed by atoms with E-state index in [1.165, 1.54) is 6.33 Å². The van der Waals surface area contributed by atoms with Crippen molar-refractivity contribution in [3.8, 4) is 0 Å². The molecule has 10 nitrogen and oxygen atoms in total. The number of nitrogens with one attached hydrogen (secondary N) is 2. The van der Waals surface area contributed by atoms with Crippen LogP contribution in [0.3, 0.4) is 0 Å². The topological polar surface area (TPSA) is 106 Å². The minimum Gasteiger partial charge on any atom is -0.380 e. The summed E-state index contributed by atoms with van der Waals surface area (Å²) in [5, 5.41) is 11.7. The Morgan fingerprint density at radius 3 is 2.90 bits per heavy atom. The summed E-state index contributed by atoms with van der Waals surface area (Å²) in [6.45, 7) is 12.9. The third-order valence-corrected chi connectivity index (χ3v) is 5.28. The Kier molecular flexibility index (Phi) is 6.57. The molecule has 166 valence electrons. The van der Waals surface area contributed by atoms with Crippen LogP contribution in [0.25, 0.3) is 11.0 Å². The van der Waals surface area contributed by atoms with Gasteiger partial charge in [0.2, 0.25) is 5.95 Å². The first-order valence-electron chi connectivity index (χ1n) is 10.9. The highest BCUT2D eigenvalue weighted by Crippen LogP contribution is 2.31. The molecule has 1 atom stereocenters. The molecule has 3 aromatic rings. The summed E-state index contributed by atoms with van der Waals surface area (Å²) in [4.78, 5) is 20.5. The SMILES string of the molecule is CCOCCn1nc(C(C)C)c2nc(N3CCN[C@@H](C)C3)nc(Nc3ccncn3)c21. The molecule has 4 rings (SSSR count). The van der Waals surface area contributed by atoms with Crippen molar-refractivity contribution in [1.29, 1.82) is 0 Å². The van der Waals surface area contributed by atoms with E-state index in [-0.39, 0.29) is 5.92 Å². The van der Waals surface area contributed by atoms with Gasteiger partial charge in [0.1, 0.15) is 23.2 Å². The van der Waals surface area contributed by atoms with E-state index in [0.29, 0.717) is 43.4 Å². The minimum absolute atomic E-state index is 0.229. The van der Waals surface area contributed by atoms with Crippen LogP contribution in [0.1, 0.15) is 39.3 Å². The Balaban J connectivity index is 1.84. The van der Waals surface area contributed by atoms with Crippen LogP contribution in [0.4, 0.5) is 17.6 Å². The lowest BCUT2D eigenvalue weighted by molar-refractivity contribution is 0.137. The lowest BCUT2D eigenvalue weighted by Gasteiger charge is -2.32. The van der Waals surface area contributed by atoms with Gasteiger partial charge >= 0.3 is 0 Å². The molecule has 1 saturated heterocycles. The van der Waals surface area contributed by atoms with Gasteiger partial charge in [-0.25, -0.2) is 15.0 Å². The van der Waals surface area contributed by atoms with E-state index in [1.807, 2.05) is 17.7 Å². The molecule has 0 amide bonds. The molecule has 1 aliphatic heterocycles. The Labute approximate surface area is 182 Å². The van der Waals surface area contributed by atoms with Gasteiger partial charge in [-0.1, -0.05) is 13.8 Å². The molecule has 0 radical (unpaired) electrons. The maximum absolute atomic E-state index is 5.59. The zero-order chi connectivity index (χ0) is 21.8. The summed E-state index contributed by atoms with van der Waals surface area (Å²) in [5.41, 5.74) is 2.71. The van der Waals surface area contributed by atoms with Crippen molar-refractivity contribution >= 4 is 28.6 Å². The first-order valence-corrected chi connectivity index (χ1v) is 10.9. The number of fused-ring (bicyclic) bond motifs is 1. The normalized spacial score (nSPS) is 16.9. The van der Waals surface area contributed by atoms with E-state index < -0.39 is 0 Å². The molecule has 1 fully saturated rings. The van der Waals surface area contributed by atoms with Gasteiger partial charge in [0.15, 0.2) is 5.82 Å². The number of hydrogen-bond donors (Lipinski definition) is 2. The standard InChI is InChI=1S/C21H31N9O/c1-5-31-11-10-30-19-18(17(28-30)14(2)3)26-21(29-9-8-23-15(4)12-29)27-20(19)25-16-6-7-22-13-24-16/h6-7,13-15,23H,5,8-12H2,1-4H3,(H,22,24,25,26,27)/t15-/m0/s1. The summed E-state index contributed by atoms with van der Waals surface area (Å²) in [7, 11) is 0. The van der Waals surface area contributed by atoms with Crippen LogP contribution < -0.4 is 15.5 Å². The van der Waals surface area contributed by atoms with Crippen LogP contribution in [0.15, 0.2) is 18.6 Å². The minimum atomic E-state index is 0.229. The Morgan fingerprint density at radius 2 is 2.19 bits per heavy atom. The van der Waals surface area contributed by atoms with Crippen molar-refractivity contribution in [1.82, 2.24) is 35.0 Å². The first kappa shape index (κ1) is 21.4. The Hall–Kier alpha value is -2.85. The summed E-state index contributed by atoms with van der Waals surface area (Å²) in [6.07, 6.45) is 3.23. The molecule has 3 aromatic heterocycles. The van der Waals surface area contributed by atoms with E-state index in [1.54, 1.807) is 6.20 Å². The van der Waals surface area contributed by atoms with E-state index in [4.69, 9.17) is 19.8 Å². The molecule has 4 heterocycles. The fourth-order valence-electron chi connectivity index (χ4n) is 3.77. The molecule has 0 saturated carbocycles. The number of ether oxygens (including phenoxy) is 1. The number of nitrogens with zero attached hydrogens (tertiary/aromatic N) is 7. The monoisotopic (exact) mass is 425 g/mol. The van der Waals surface area contributed by atoms with Crippen molar-refractivity contribution in [2.75, 3.05) is 43.1 Å². The molecular formula is C21H31N9O. The van der Waals surface area contributed by atoms with Gasteiger partial charge in [-0.3, -0.25) is 4.68 Å².